The summed E-state index contributed by atoms with van der Waals surface area (Å²) in [5.41, 5.74) is 1.33. The van der Waals surface area contributed by atoms with Crippen LogP contribution in [0.1, 0.15) is 25.5 Å². The second-order valence-corrected chi connectivity index (χ2v) is 5.38. The van der Waals surface area contributed by atoms with E-state index in [0.717, 1.165) is 19.6 Å². The zero-order valence-electron chi connectivity index (χ0n) is 12.7. The van der Waals surface area contributed by atoms with Crippen molar-refractivity contribution in [2.24, 2.45) is 0 Å². The lowest BCUT2D eigenvalue weighted by molar-refractivity contribution is 0.228. The zero-order chi connectivity index (χ0) is 15.1. The largest absolute Gasteiger partial charge is 0.481 e. The van der Waals surface area contributed by atoms with Crippen LogP contribution in [0.25, 0.3) is 0 Å². The van der Waals surface area contributed by atoms with Crippen molar-refractivity contribution in [2.45, 2.75) is 19.9 Å². The molecule has 0 fully saturated rings. The van der Waals surface area contributed by atoms with E-state index in [9.17, 15) is 0 Å². The molecule has 2 aromatic rings. The minimum Gasteiger partial charge on any atom is -0.481 e. The van der Waals surface area contributed by atoms with E-state index in [1.165, 1.54) is 5.56 Å². The van der Waals surface area contributed by atoms with Gasteiger partial charge in [-0.15, -0.1) is 0 Å². The molecule has 0 saturated heterocycles. The third-order valence-electron chi connectivity index (χ3n) is 3.47. The quantitative estimate of drug-likeness (QED) is 0.812. The summed E-state index contributed by atoms with van der Waals surface area (Å²) >= 11 is 1.73. The topological polar surface area (TPSA) is 50.3 Å². The number of rotatable bonds is 8. The first kappa shape index (κ1) is 15.7. The molecule has 1 atom stereocenters. The number of ether oxygens (including phenoxy) is 1. The van der Waals surface area contributed by atoms with Gasteiger partial charge in [-0.3, -0.25) is 4.90 Å². The van der Waals surface area contributed by atoms with E-state index in [1.807, 2.05) is 0 Å². The summed E-state index contributed by atoms with van der Waals surface area (Å²) in [7, 11) is 1.61. The molecule has 0 radical (unpaired) electrons. The van der Waals surface area contributed by atoms with Crippen LogP contribution in [0.3, 0.4) is 0 Å². The molecule has 0 spiro atoms. The van der Waals surface area contributed by atoms with E-state index >= 15 is 0 Å². The van der Waals surface area contributed by atoms with Crippen LogP contribution in [0.4, 0.5) is 5.95 Å². The second-order valence-electron chi connectivity index (χ2n) is 4.60. The maximum atomic E-state index is 5.12. The average Bonchev–Trinajstić information content (AvgIpc) is 3.05. The van der Waals surface area contributed by atoms with Crippen molar-refractivity contribution >= 4 is 17.3 Å². The lowest BCUT2D eigenvalue weighted by Crippen LogP contribution is -2.33. The van der Waals surface area contributed by atoms with Gasteiger partial charge in [0.25, 0.3) is 0 Å². The Hall–Kier alpha value is -1.66. The van der Waals surface area contributed by atoms with Crippen molar-refractivity contribution in [2.75, 3.05) is 32.1 Å². The van der Waals surface area contributed by atoms with Crippen LogP contribution in [0.5, 0.6) is 5.88 Å². The van der Waals surface area contributed by atoms with Gasteiger partial charge >= 0.3 is 0 Å². The fourth-order valence-corrected chi connectivity index (χ4v) is 3.02. The predicted octanol–water partition coefficient (Wildman–Crippen LogP) is 3.04. The molecule has 2 rings (SSSR count). The monoisotopic (exact) mass is 306 g/mol. The van der Waals surface area contributed by atoms with Gasteiger partial charge in [0, 0.05) is 18.8 Å². The highest BCUT2D eigenvalue weighted by Gasteiger charge is 2.18. The molecule has 0 saturated carbocycles. The van der Waals surface area contributed by atoms with E-state index in [-0.39, 0.29) is 0 Å². The van der Waals surface area contributed by atoms with Gasteiger partial charge in [0.15, 0.2) is 0 Å². The molecular formula is C15H22N4OS. The molecule has 0 aliphatic heterocycles. The molecule has 6 heteroatoms. The van der Waals surface area contributed by atoms with Crippen molar-refractivity contribution in [3.05, 3.63) is 34.7 Å². The molecule has 0 bridgehead atoms. The highest BCUT2D eigenvalue weighted by Crippen LogP contribution is 2.23. The summed E-state index contributed by atoms with van der Waals surface area (Å²) in [6, 6.07) is 4.24. The molecular weight excluding hydrogens is 284 g/mol. The van der Waals surface area contributed by atoms with Crippen molar-refractivity contribution < 1.29 is 4.74 Å². The highest BCUT2D eigenvalue weighted by molar-refractivity contribution is 7.07. The van der Waals surface area contributed by atoms with Gasteiger partial charge in [0.1, 0.15) is 0 Å². The lowest BCUT2D eigenvalue weighted by atomic mass is 10.1. The first-order chi connectivity index (χ1) is 10.3. The first-order valence-electron chi connectivity index (χ1n) is 7.15. The molecule has 2 aromatic heterocycles. The Labute approximate surface area is 130 Å². The van der Waals surface area contributed by atoms with Crippen LogP contribution < -0.4 is 10.1 Å². The Bertz CT molecular complexity index is 528. The number of hydrogen-bond acceptors (Lipinski definition) is 6. The summed E-state index contributed by atoms with van der Waals surface area (Å²) in [6.07, 6.45) is 1.70. The third kappa shape index (κ3) is 4.15. The van der Waals surface area contributed by atoms with Crippen molar-refractivity contribution in [1.82, 2.24) is 14.9 Å². The number of methoxy groups -OCH3 is 1. The molecule has 5 nitrogen and oxygen atoms in total. The average molecular weight is 306 g/mol. The SMILES string of the molecule is CCN(CC)[C@@H](CNc1nccc(OC)n1)c1ccsc1. The fourth-order valence-electron chi connectivity index (χ4n) is 2.32. The summed E-state index contributed by atoms with van der Waals surface area (Å²) < 4.78 is 5.12. The van der Waals surface area contributed by atoms with Crippen molar-refractivity contribution in [3.63, 3.8) is 0 Å². The molecule has 0 aliphatic rings. The minimum absolute atomic E-state index is 0.320. The molecule has 1 N–H and O–H groups in total. The van der Waals surface area contributed by atoms with Gasteiger partial charge in [-0.2, -0.15) is 16.3 Å². The highest BCUT2D eigenvalue weighted by atomic mass is 32.1. The lowest BCUT2D eigenvalue weighted by Gasteiger charge is -2.29. The Balaban J connectivity index is 2.08. The van der Waals surface area contributed by atoms with Gasteiger partial charge in [-0.1, -0.05) is 13.8 Å². The summed E-state index contributed by atoms with van der Waals surface area (Å²) in [5, 5.41) is 7.64. The Morgan fingerprint density at radius 3 is 2.76 bits per heavy atom. The van der Waals surface area contributed by atoms with E-state index < -0.39 is 0 Å². The van der Waals surface area contributed by atoms with Crippen molar-refractivity contribution in [1.29, 1.82) is 0 Å². The number of nitrogens with one attached hydrogen (secondary N) is 1. The summed E-state index contributed by atoms with van der Waals surface area (Å²) in [4.78, 5) is 11.0. The predicted molar refractivity (Wildman–Crippen MR) is 87.1 cm³/mol. The first-order valence-corrected chi connectivity index (χ1v) is 8.09. The van der Waals surface area contributed by atoms with Crippen LogP contribution in [0.15, 0.2) is 29.1 Å². The molecule has 0 aromatic carbocycles. The van der Waals surface area contributed by atoms with Gasteiger partial charge in [-0.25, -0.2) is 4.98 Å². The normalized spacial score (nSPS) is 12.4. The molecule has 114 valence electrons. The van der Waals surface area contributed by atoms with Gasteiger partial charge in [0.2, 0.25) is 11.8 Å². The number of nitrogens with zero attached hydrogens (tertiary/aromatic N) is 3. The molecule has 0 unspecified atom stereocenters. The smallest absolute Gasteiger partial charge is 0.226 e. The third-order valence-corrected chi connectivity index (χ3v) is 4.18. The number of hydrogen-bond donors (Lipinski definition) is 1. The molecule has 0 aliphatic carbocycles. The maximum absolute atomic E-state index is 5.12. The van der Waals surface area contributed by atoms with E-state index in [1.54, 1.807) is 30.7 Å². The van der Waals surface area contributed by atoms with Crippen LogP contribution in [0.2, 0.25) is 0 Å². The van der Waals surface area contributed by atoms with Crippen molar-refractivity contribution in [3.8, 4) is 5.88 Å². The van der Waals surface area contributed by atoms with Gasteiger partial charge < -0.3 is 10.1 Å². The fraction of sp³-hybridized carbons (Fsp3) is 0.467. The van der Waals surface area contributed by atoms with Crippen LogP contribution in [0, 0.1) is 0 Å². The summed E-state index contributed by atoms with van der Waals surface area (Å²) in [6.45, 7) is 7.16. The second kappa shape index (κ2) is 7.95. The standard InChI is InChI=1S/C15H22N4OS/c1-4-19(5-2)13(12-7-9-21-11-12)10-17-15-16-8-6-14(18-15)20-3/h6-9,11,13H,4-5,10H2,1-3H3,(H,16,17,18)/t13-/m0/s1. The molecule has 21 heavy (non-hydrogen) atoms. The van der Waals surface area contributed by atoms with Crippen LogP contribution >= 0.6 is 11.3 Å². The Morgan fingerprint density at radius 2 is 2.14 bits per heavy atom. The van der Waals surface area contributed by atoms with Gasteiger partial charge in [-0.05, 0) is 35.5 Å². The number of likely N-dealkylation sites (N-methyl/N-ethyl adjacent to an activating group) is 1. The zero-order valence-corrected chi connectivity index (χ0v) is 13.6. The Kier molecular flexibility index (Phi) is 5.95. The van der Waals surface area contributed by atoms with E-state index in [4.69, 9.17) is 4.74 Å². The maximum Gasteiger partial charge on any atom is 0.226 e. The van der Waals surface area contributed by atoms with Gasteiger partial charge in [0.05, 0.1) is 13.2 Å². The Morgan fingerprint density at radius 1 is 1.33 bits per heavy atom. The van der Waals surface area contributed by atoms with E-state index in [0.29, 0.717) is 17.9 Å². The number of aromatic nitrogens is 2. The minimum atomic E-state index is 0.320. The number of anilines is 1. The molecule has 2 heterocycles. The molecule has 0 amide bonds. The van der Waals surface area contributed by atoms with Crippen LogP contribution in [-0.4, -0.2) is 41.6 Å². The number of thiophene rings is 1. The van der Waals surface area contributed by atoms with Crippen LogP contribution in [-0.2, 0) is 0 Å². The summed E-state index contributed by atoms with van der Waals surface area (Å²) in [5.74, 6) is 1.17. The van der Waals surface area contributed by atoms with E-state index in [2.05, 4.69) is 50.9 Å².